The summed E-state index contributed by atoms with van der Waals surface area (Å²) in [6, 6.07) is 1.62. The highest BCUT2D eigenvalue weighted by Gasteiger charge is 2.20. The molecule has 0 amide bonds. The maximum absolute atomic E-state index is 12.7. The second-order valence-electron chi connectivity index (χ2n) is 2.79. The number of aliphatic hydroxyl groups excluding tert-OH is 1. The minimum atomic E-state index is -2.80. The summed E-state index contributed by atoms with van der Waals surface area (Å²) in [6.07, 6.45) is -1.78. The molecule has 3 N–H and O–H groups in total. The molecule has 15 heavy (non-hydrogen) atoms. The van der Waals surface area contributed by atoms with Gasteiger partial charge in [0, 0.05) is 18.3 Å². The highest BCUT2D eigenvalue weighted by molar-refractivity contribution is 5.43. The number of aliphatic hydroxyl groups is 1. The van der Waals surface area contributed by atoms with E-state index in [9.17, 15) is 8.78 Å². The van der Waals surface area contributed by atoms with Crippen LogP contribution in [0.25, 0.3) is 0 Å². The molecule has 0 unspecified atom stereocenters. The maximum atomic E-state index is 12.7. The van der Waals surface area contributed by atoms with Crippen molar-refractivity contribution < 1.29 is 13.9 Å². The number of halogens is 2. The molecule has 0 aliphatic carbocycles. The van der Waals surface area contributed by atoms with Crippen molar-refractivity contribution in [2.45, 2.75) is 19.6 Å². The van der Waals surface area contributed by atoms with E-state index in [4.69, 9.17) is 16.1 Å². The summed E-state index contributed by atoms with van der Waals surface area (Å²) in [5, 5.41) is 17.5. The number of nitrogens with zero attached hydrogens (tertiary/aromatic N) is 2. The number of pyridine rings is 1. The minimum Gasteiger partial charge on any atom is -0.390 e. The Hall–Kier alpha value is -1.58. The Morgan fingerprint density at radius 1 is 1.60 bits per heavy atom. The zero-order valence-corrected chi connectivity index (χ0v) is 7.74. The van der Waals surface area contributed by atoms with Crippen molar-refractivity contribution in [3.8, 4) is 6.07 Å². The van der Waals surface area contributed by atoms with Crippen LogP contribution in [0.1, 0.15) is 28.8 Å². The van der Waals surface area contributed by atoms with Crippen LogP contribution in [0.4, 0.5) is 8.78 Å². The fourth-order valence-corrected chi connectivity index (χ4v) is 1.31. The topological polar surface area (TPSA) is 82.9 Å². The van der Waals surface area contributed by atoms with Gasteiger partial charge in [0.2, 0.25) is 0 Å². The summed E-state index contributed by atoms with van der Waals surface area (Å²) >= 11 is 0. The maximum Gasteiger partial charge on any atom is 0.265 e. The van der Waals surface area contributed by atoms with Crippen LogP contribution in [0.5, 0.6) is 0 Å². The Bertz CT molecular complexity index is 401. The molecule has 0 fully saturated rings. The van der Waals surface area contributed by atoms with Crippen molar-refractivity contribution in [2.24, 2.45) is 5.73 Å². The molecule has 0 saturated heterocycles. The van der Waals surface area contributed by atoms with Crippen LogP contribution in [0, 0.1) is 11.3 Å². The molecule has 0 spiro atoms. The number of hydrogen-bond donors (Lipinski definition) is 2. The fraction of sp³-hybridized carbons (Fsp3) is 0.333. The molecule has 1 rings (SSSR count). The summed E-state index contributed by atoms with van der Waals surface area (Å²) in [4.78, 5) is 3.70. The van der Waals surface area contributed by atoms with Gasteiger partial charge in [-0.1, -0.05) is 0 Å². The number of hydrogen-bond acceptors (Lipinski definition) is 4. The molecule has 0 radical (unpaired) electrons. The minimum absolute atomic E-state index is 0.0477. The van der Waals surface area contributed by atoms with Crippen LogP contribution in [-0.2, 0) is 13.2 Å². The third-order valence-electron chi connectivity index (χ3n) is 2.01. The molecular weight excluding hydrogens is 204 g/mol. The van der Waals surface area contributed by atoms with Gasteiger partial charge >= 0.3 is 0 Å². The zero-order valence-electron chi connectivity index (χ0n) is 7.74. The van der Waals surface area contributed by atoms with Crippen molar-refractivity contribution in [1.82, 2.24) is 4.98 Å². The monoisotopic (exact) mass is 213 g/mol. The molecule has 4 nitrogen and oxygen atoms in total. The Labute approximate surface area is 85.0 Å². The lowest BCUT2D eigenvalue weighted by Gasteiger charge is -2.11. The summed E-state index contributed by atoms with van der Waals surface area (Å²) < 4.78 is 25.3. The lowest BCUT2D eigenvalue weighted by atomic mass is 10.0. The molecule has 0 aromatic carbocycles. The molecule has 0 bridgehead atoms. The zero-order chi connectivity index (χ0) is 11.4. The third-order valence-corrected chi connectivity index (χ3v) is 2.01. The number of aromatic nitrogens is 1. The molecule has 1 aromatic rings. The van der Waals surface area contributed by atoms with Gasteiger partial charge in [-0.2, -0.15) is 5.26 Å². The van der Waals surface area contributed by atoms with Crippen LogP contribution >= 0.6 is 0 Å². The van der Waals surface area contributed by atoms with E-state index in [1.54, 1.807) is 6.07 Å². The molecule has 1 heterocycles. The first kappa shape index (κ1) is 11.5. The average Bonchev–Trinajstić information content (AvgIpc) is 2.26. The highest BCUT2D eigenvalue weighted by atomic mass is 19.3. The lowest BCUT2D eigenvalue weighted by Crippen LogP contribution is -2.10. The van der Waals surface area contributed by atoms with E-state index in [2.05, 4.69) is 4.98 Å². The van der Waals surface area contributed by atoms with Gasteiger partial charge in [-0.15, -0.1) is 0 Å². The number of alkyl halides is 2. The second kappa shape index (κ2) is 4.77. The molecule has 1 aromatic heterocycles. The first-order valence-electron chi connectivity index (χ1n) is 4.15. The van der Waals surface area contributed by atoms with Crippen LogP contribution in [0.3, 0.4) is 0 Å². The van der Waals surface area contributed by atoms with Gasteiger partial charge in [0.15, 0.2) is 0 Å². The largest absolute Gasteiger partial charge is 0.390 e. The van der Waals surface area contributed by atoms with Gasteiger partial charge in [0.05, 0.1) is 17.9 Å². The van der Waals surface area contributed by atoms with E-state index in [-0.39, 0.29) is 23.4 Å². The lowest BCUT2D eigenvalue weighted by molar-refractivity contribution is 0.149. The van der Waals surface area contributed by atoms with Gasteiger partial charge in [-0.05, 0) is 5.56 Å². The number of nitrogens with two attached hydrogens (primary N) is 1. The predicted molar refractivity (Wildman–Crippen MR) is 47.7 cm³/mol. The van der Waals surface area contributed by atoms with E-state index in [1.165, 1.54) is 0 Å². The van der Waals surface area contributed by atoms with Crippen LogP contribution in [0.2, 0.25) is 0 Å². The predicted octanol–water partition coefficient (Wildman–Crippen LogP) is 0.842. The first-order chi connectivity index (χ1) is 7.15. The molecule has 0 aliphatic heterocycles. The normalized spacial score (nSPS) is 10.4. The molecule has 0 saturated carbocycles. The number of nitriles is 1. The van der Waals surface area contributed by atoms with Crippen molar-refractivity contribution in [3.05, 3.63) is 28.6 Å². The van der Waals surface area contributed by atoms with E-state index >= 15 is 0 Å². The summed E-state index contributed by atoms with van der Waals surface area (Å²) in [7, 11) is 0. The molecular formula is C9H9F2N3O. The molecule has 0 aliphatic rings. The van der Waals surface area contributed by atoms with Crippen LogP contribution in [-0.4, -0.2) is 10.1 Å². The van der Waals surface area contributed by atoms with Crippen molar-refractivity contribution in [1.29, 1.82) is 5.26 Å². The summed E-state index contributed by atoms with van der Waals surface area (Å²) in [6.45, 7) is -0.657. The summed E-state index contributed by atoms with van der Waals surface area (Å²) in [5.41, 5.74) is 4.79. The Morgan fingerprint density at radius 2 is 2.27 bits per heavy atom. The molecule has 80 valence electrons. The van der Waals surface area contributed by atoms with E-state index in [0.29, 0.717) is 0 Å². The van der Waals surface area contributed by atoms with Gasteiger partial charge < -0.3 is 10.8 Å². The van der Waals surface area contributed by atoms with Crippen molar-refractivity contribution >= 4 is 0 Å². The first-order valence-corrected chi connectivity index (χ1v) is 4.15. The highest BCUT2D eigenvalue weighted by Crippen LogP contribution is 2.27. The second-order valence-corrected chi connectivity index (χ2v) is 2.79. The Balaban J connectivity index is 3.46. The molecule has 6 heteroatoms. The van der Waals surface area contributed by atoms with E-state index in [1.807, 2.05) is 0 Å². The standard InChI is InChI=1S/C9H9F2N3O/c10-9(11)8-5(1-12)3-14-7(4-15)6(8)2-13/h3,9,15H,2,4,13H2. The Morgan fingerprint density at radius 3 is 2.67 bits per heavy atom. The average molecular weight is 213 g/mol. The van der Waals surface area contributed by atoms with Gasteiger partial charge in [-0.3, -0.25) is 4.98 Å². The van der Waals surface area contributed by atoms with Crippen molar-refractivity contribution in [3.63, 3.8) is 0 Å². The van der Waals surface area contributed by atoms with Crippen LogP contribution in [0.15, 0.2) is 6.20 Å². The van der Waals surface area contributed by atoms with Crippen LogP contribution < -0.4 is 5.73 Å². The SMILES string of the molecule is N#Cc1cnc(CO)c(CN)c1C(F)F. The van der Waals surface area contributed by atoms with Gasteiger partial charge in [-0.25, -0.2) is 8.78 Å². The van der Waals surface area contributed by atoms with E-state index < -0.39 is 18.6 Å². The molecule has 0 atom stereocenters. The number of rotatable bonds is 3. The Kier molecular flexibility index (Phi) is 3.66. The third kappa shape index (κ3) is 2.09. The quantitative estimate of drug-likeness (QED) is 0.779. The van der Waals surface area contributed by atoms with Gasteiger partial charge in [0.1, 0.15) is 6.07 Å². The summed E-state index contributed by atoms with van der Waals surface area (Å²) in [5.74, 6) is 0. The van der Waals surface area contributed by atoms with Crippen molar-refractivity contribution in [2.75, 3.05) is 0 Å². The smallest absolute Gasteiger partial charge is 0.265 e. The fourth-order valence-electron chi connectivity index (χ4n) is 1.31. The van der Waals surface area contributed by atoms with E-state index in [0.717, 1.165) is 6.20 Å². The van der Waals surface area contributed by atoms with Gasteiger partial charge in [0.25, 0.3) is 6.43 Å².